The van der Waals surface area contributed by atoms with Gasteiger partial charge in [0.15, 0.2) is 0 Å². The molecule has 0 spiro atoms. The number of ether oxygens (including phenoxy) is 1. The summed E-state index contributed by atoms with van der Waals surface area (Å²) in [5, 5.41) is 9.95. The lowest BCUT2D eigenvalue weighted by Gasteiger charge is -2.12. The third-order valence-corrected chi connectivity index (χ3v) is 4.68. The first kappa shape index (κ1) is 19.7. The van der Waals surface area contributed by atoms with Crippen LogP contribution in [0.1, 0.15) is 31.0 Å². The normalized spacial score (nSPS) is 10.5. The van der Waals surface area contributed by atoms with Crippen molar-refractivity contribution < 1.29 is 4.74 Å². The molecule has 0 unspecified atom stereocenters. The van der Waals surface area contributed by atoms with Gasteiger partial charge in [0.25, 0.3) is 5.56 Å². The number of rotatable bonds is 6. The van der Waals surface area contributed by atoms with E-state index in [2.05, 4.69) is 11.9 Å². The molecule has 0 fully saturated rings. The van der Waals surface area contributed by atoms with Gasteiger partial charge in [-0.25, -0.2) is 0 Å². The van der Waals surface area contributed by atoms with Crippen molar-refractivity contribution in [1.82, 2.24) is 9.55 Å². The lowest BCUT2D eigenvalue weighted by molar-refractivity contribution is 0.481. The molecule has 3 rings (SSSR count). The minimum atomic E-state index is -0.294. The van der Waals surface area contributed by atoms with Crippen LogP contribution in [0, 0.1) is 18.3 Å². The summed E-state index contributed by atoms with van der Waals surface area (Å²) in [5.74, 6) is 1.22. The predicted octanol–water partition coefficient (Wildman–Crippen LogP) is 5.34. The van der Waals surface area contributed by atoms with Gasteiger partial charge in [-0.1, -0.05) is 24.9 Å². The fraction of sp³-hybridized carbons (Fsp3) is 0.227. The molecular formula is C22H20ClN3O2. The van der Waals surface area contributed by atoms with Gasteiger partial charge in [0.2, 0.25) is 0 Å². The number of aromatic nitrogens is 2. The summed E-state index contributed by atoms with van der Waals surface area (Å²) < 4.78 is 7.39. The van der Waals surface area contributed by atoms with Crippen molar-refractivity contribution in [1.29, 1.82) is 5.26 Å². The van der Waals surface area contributed by atoms with Crippen molar-refractivity contribution in [2.24, 2.45) is 0 Å². The van der Waals surface area contributed by atoms with E-state index in [9.17, 15) is 10.1 Å². The second-order valence-corrected chi connectivity index (χ2v) is 6.85. The highest BCUT2D eigenvalue weighted by Gasteiger charge is 2.15. The molecule has 28 heavy (non-hydrogen) atoms. The molecule has 5 nitrogen and oxygen atoms in total. The molecule has 2 aromatic heterocycles. The summed E-state index contributed by atoms with van der Waals surface area (Å²) >= 11 is 6.46. The average molecular weight is 394 g/mol. The first-order chi connectivity index (χ1) is 13.5. The number of nitrogens with zero attached hydrogens (tertiary/aromatic N) is 3. The first-order valence-electron chi connectivity index (χ1n) is 9.07. The minimum absolute atomic E-state index is 0.0962. The minimum Gasteiger partial charge on any atom is -0.457 e. The third kappa shape index (κ3) is 4.24. The van der Waals surface area contributed by atoms with Crippen LogP contribution in [0.25, 0.3) is 11.1 Å². The van der Waals surface area contributed by atoms with E-state index in [1.54, 1.807) is 47.3 Å². The third-order valence-electron chi connectivity index (χ3n) is 4.36. The highest BCUT2D eigenvalue weighted by molar-refractivity contribution is 6.33. The molecule has 2 heterocycles. The summed E-state index contributed by atoms with van der Waals surface area (Å²) in [4.78, 5) is 16.8. The fourth-order valence-electron chi connectivity index (χ4n) is 2.91. The SMILES string of the molecule is CCCCn1ccc(-c2ccc(Oc3ccnc(C)c3)cc2Cl)c(C#N)c1=O. The van der Waals surface area contributed by atoms with E-state index >= 15 is 0 Å². The fourth-order valence-corrected chi connectivity index (χ4v) is 3.18. The average Bonchev–Trinajstić information content (AvgIpc) is 2.67. The van der Waals surface area contributed by atoms with Crippen LogP contribution < -0.4 is 10.3 Å². The van der Waals surface area contributed by atoms with E-state index in [0.717, 1.165) is 18.5 Å². The predicted molar refractivity (Wildman–Crippen MR) is 110 cm³/mol. The number of pyridine rings is 2. The zero-order valence-corrected chi connectivity index (χ0v) is 16.5. The summed E-state index contributed by atoms with van der Waals surface area (Å²) in [6.45, 7) is 4.53. The number of unbranched alkanes of at least 4 members (excludes halogenated alkanes) is 1. The molecule has 0 aliphatic carbocycles. The lowest BCUT2D eigenvalue weighted by Crippen LogP contribution is -2.22. The van der Waals surface area contributed by atoms with E-state index in [4.69, 9.17) is 16.3 Å². The molecule has 0 atom stereocenters. The van der Waals surface area contributed by atoms with Crippen LogP contribution in [0.3, 0.4) is 0 Å². The van der Waals surface area contributed by atoms with Gasteiger partial charge in [-0.05, 0) is 37.6 Å². The topological polar surface area (TPSA) is 67.9 Å². The molecule has 142 valence electrons. The molecule has 1 aromatic carbocycles. The highest BCUT2D eigenvalue weighted by atomic mass is 35.5. The quantitative estimate of drug-likeness (QED) is 0.567. The Morgan fingerprint density at radius 1 is 1.18 bits per heavy atom. The number of nitriles is 1. The second kappa shape index (κ2) is 8.73. The second-order valence-electron chi connectivity index (χ2n) is 6.44. The Morgan fingerprint density at radius 3 is 2.64 bits per heavy atom. The van der Waals surface area contributed by atoms with Gasteiger partial charge >= 0.3 is 0 Å². The van der Waals surface area contributed by atoms with Gasteiger partial charge in [-0.2, -0.15) is 5.26 Å². The first-order valence-corrected chi connectivity index (χ1v) is 9.45. The van der Waals surface area contributed by atoms with Gasteiger partial charge in [0, 0.05) is 47.9 Å². The summed E-state index contributed by atoms with van der Waals surface area (Å²) in [6.07, 6.45) is 5.24. The Balaban J connectivity index is 1.95. The Bertz CT molecular complexity index is 1100. The van der Waals surface area contributed by atoms with Crippen LogP contribution >= 0.6 is 11.6 Å². The van der Waals surface area contributed by atoms with E-state index in [1.807, 2.05) is 19.1 Å². The van der Waals surface area contributed by atoms with E-state index in [1.165, 1.54) is 0 Å². The molecule has 3 aromatic rings. The summed E-state index contributed by atoms with van der Waals surface area (Å²) in [7, 11) is 0. The monoisotopic (exact) mass is 393 g/mol. The van der Waals surface area contributed by atoms with Crippen molar-refractivity contribution in [3.8, 4) is 28.7 Å². The highest BCUT2D eigenvalue weighted by Crippen LogP contribution is 2.33. The molecule has 0 bridgehead atoms. The van der Waals surface area contributed by atoms with Crippen molar-refractivity contribution in [2.75, 3.05) is 0 Å². The van der Waals surface area contributed by atoms with Crippen molar-refractivity contribution >= 4 is 11.6 Å². The van der Waals surface area contributed by atoms with Crippen molar-refractivity contribution in [3.05, 3.63) is 75.4 Å². The summed E-state index contributed by atoms with van der Waals surface area (Å²) in [6, 6.07) is 12.6. The Kier molecular flexibility index (Phi) is 6.13. The number of hydrogen-bond acceptors (Lipinski definition) is 4. The van der Waals surface area contributed by atoms with Gasteiger partial charge < -0.3 is 9.30 Å². The van der Waals surface area contributed by atoms with E-state index < -0.39 is 0 Å². The maximum Gasteiger partial charge on any atom is 0.269 e. The van der Waals surface area contributed by atoms with Crippen LogP contribution in [0.5, 0.6) is 11.5 Å². The Morgan fingerprint density at radius 2 is 1.96 bits per heavy atom. The largest absolute Gasteiger partial charge is 0.457 e. The molecule has 0 saturated carbocycles. The van der Waals surface area contributed by atoms with Gasteiger partial charge in [0.05, 0.1) is 5.02 Å². The maximum atomic E-state index is 12.6. The van der Waals surface area contributed by atoms with Gasteiger partial charge in [-0.3, -0.25) is 9.78 Å². The van der Waals surface area contributed by atoms with E-state index in [-0.39, 0.29) is 11.1 Å². The van der Waals surface area contributed by atoms with Crippen LogP contribution in [-0.4, -0.2) is 9.55 Å². The Labute approximate surface area is 168 Å². The maximum absolute atomic E-state index is 12.6. The van der Waals surface area contributed by atoms with Crippen LogP contribution in [0.2, 0.25) is 5.02 Å². The van der Waals surface area contributed by atoms with Crippen molar-refractivity contribution in [3.63, 3.8) is 0 Å². The smallest absolute Gasteiger partial charge is 0.269 e. The van der Waals surface area contributed by atoms with Gasteiger partial charge in [0.1, 0.15) is 23.1 Å². The van der Waals surface area contributed by atoms with Crippen LogP contribution in [-0.2, 0) is 6.54 Å². The number of hydrogen-bond donors (Lipinski definition) is 0. The molecule has 0 radical (unpaired) electrons. The zero-order chi connectivity index (χ0) is 20.1. The molecule has 0 saturated heterocycles. The molecule has 0 N–H and O–H groups in total. The molecule has 0 amide bonds. The molecule has 0 aliphatic heterocycles. The zero-order valence-electron chi connectivity index (χ0n) is 15.8. The van der Waals surface area contributed by atoms with E-state index in [0.29, 0.717) is 34.2 Å². The Hall–Kier alpha value is -3.10. The van der Waals surface area contributed by atoms with Crippen LogP contribution in [0.4, 0.5) is 0 Å². The lowest BCUT2D eigenvalue weighted by atomic mass is 10.0. The summed E-state index contributed by atoms with van der Waals surface area (Å²) in [5.41, 5.74) is 1.80. The molecule has 0 aliphatic rings. The van der Waals surface area contributed by atoms with Gasteiger partial charge in [-0.15, -0.1) is 0 Å². The molecule has 6 heteroatoms. The number of benzene rings is 1. The molecular weight excluding hydrogens is 374 g/mol. The standard InChI is InChI=1S/C22H20ClN3O2/c1-3-4-10-26-11-8-18(20(14-24)22(26)27)19-6-5-16(13-21(19)23)28-17-7-9-25-15(2)12-17/h5-9,11-13H,3-4,10H2,1-2H3. The number of aryl methyl sites for hydroxylation is 2. The number of halogens is 1. The van der Waals surface area contributed by atoms with Crippen LogP contribution in [0.15, 0.2) is 53.6 Å². The van der Waals surface area contributed by atoms with Crippen molar-refractivity contribution in [2.45, 2.75) is 33.2 Å².